The molecule has 0 atom stereocenters. The van der Waals surface area contributed by atoms with E-state index in [9.17, 15) is 17.6 Å². The summed E-state index contributed by atoms with van der Waals surface area (Å²) in [6, 6.07) is 0.699. The first-order valence-corrected chi connectivity index (χ1v) is 3.90. The lowest BCUT2D eigenvalue weighted by Gasteiger charge is -2.03. The molecule has 1 rings (SSSR count). The van der Waals surface area contributed by atoms with Crippen molar-refractivity contribution in [3.8, 4) is 0 Å². The molecule has 0 saturated heterocycles. The molecule has 0 unspecified atom stereocenters. The van der Waals surface area contributed by atoms with E-state index in [4.69, 9.17) is 5.73 Å². The summed E-state index contributed by atoms with van der Waals surface area (Å²) in [4.78, 5) is 0. The molecule has 2 N–H and O–H groups in total. The van der Waals surface area contributed by atoms with Gasteiger partial charge in [0.15, 0.2) is 0 Å². The van der Waals surface area contributed by atoms with Crippen LogP contribution in [0.25, 0.3) is 0 Å². The van der Waals surface area contributed by atoms with Gasteiger partial charge in [-0.15, -0.1) is 0 Å². The topological polar surface area (TPSA) is 43.8 Å². The fraction of sp³-hybridized carbons (Fsp3) is 0.571. The molecule has 1 heterocycles. The van der Waals surface area contributed by atoms with Gasteiger partial charge in [-0.05, 0) is 6.07 Å². The molecule has 1 aromatic rings. The van der Waals surface area contributed by atoms with E-state index in [0.717, 1.165) is 4.68 Å². The summed E-state index contributed by atoms with van der Waals surface area (Å²) in [6.45, 7) is 0.0798. The van der Waals surface area contributed by atoms with Crippen LogP contribution in [0.4, 0.5) is 17.6 Å². The molecule has 0 bridgehead atoms. The van der Waals surface area contributed by atoms with E-state index in [1.807, 2.05) is 0 Å². The van der Waals surface area contributed by atoms with Gasteiger partial charge in [0.05, 0.1) is 6.54 Å². The van der Waals surface area contributed by atoms with Gasteiger partial charge < -0.3 is 5.73 Å². The molecule has 1 aromatic heterocycles. The lowest BCUT2D eigenvalue weighted by Crippen LogP contribution is -2.13. The molecule has 0 fully saturated rings. The van der Waals surface area contributed by atoms with Crippen molar-refractivity contribution < 1.29 is 17.6 Å². The predicted molar refractivity (Wildman–Crippen MR) is 41.2 cm³/mol. The van der Waals surface area contributed by atoms with Crippen LogP contribution in [-0.2, 0) is 6.54 Å². The first-order valence-electron chi connectivity index (χ1n) is 3.90. The summed E-state index contributed by atoms with van der Waals surface area (Å²) in [5, 5.41) is 3.33. The monoisotopic (exact) mass is 211 g/mol. The second kappa shape index (κ2) is 4.41. The highest BCUT2D eigenvalue weighted by atomic mass is 19.3. The summed E-state index contributed by atoms with van der Waals surface area (Å²) in [7, 11) is 0. The molecular formula is C7H9F4N3. The average Bonchev–Trinajstić information content (AvgIpc) is 2.49. The molecule has 3 nitrogen and oxygen atoms in total. The zero-order valence-corrected chi connectivity index (χ0v) is 7.13. The highest BCUT2D eigenvalue weighted by Gasteiger charge is 2.20. The van der Waals surface area contributed by atoms with Gasteiger partial charge in [-0.3, -0.25) is 4.68 Å². The van der Waals surface area contributed by atoms with Crippen LogP contribution in [0.1, 0.15) is 24.2 Å². The number of aromatic nitrogens is 2. The van der Waals surface area contributed by atoms with E-state index >= 15 is 0 Å². The SMILES string of the molecule is NCCn1nc(C(F)F)cc1C(F)F. The van der Waals surface area contributed by atoms with Crippen LogP contribution in [0, 0.1) is 0 Å². The Morgan fingerprint density at radius 1 is 1.29 bits per heavy atom. The first-order chi connectivity index (χ1) is 6.56. The van der Waals surface area contributed by atoms with Crippen molar-refractivity contribution in [2.24, 2.45) is 5.73 Å². The maximum absolute atomic E-state index is 12.3. The normalized spacial score (nSPS) is 11.6. The Morgan fingerprint density at radius 2 is 1.93 bits per heavy atom. The Balaban J connectivity index is 2.99. The van der Waals surface area contributed by atoms with Gasteiger partial charge >= 0.3 is 0 Å². The van der Waals surface area contributed by atoms with Crippen molar-refractivity contribution >= 4 is 0 Å². The molecule has 0 saturated carbocycles. The molecule has 0 radical (unpaired) electrons. The third-order valence-corrected chi connectivity index (χ3v) is 1.62. The van der Waals surface area contributed by atoms with Gasteiger partial charge in [0.1, 0.15) is 11.4 Å². The molecule has 0 amide bonds. The molecule has 14 heavy (non-hydrogen) atoms. The van der Waals surface area contributed by atoms with Gasteiger partial charge in [-0.1, -0.05) is 0 Å². The Bertz CT molecular complexity index is 297. The van der Waals surface area contributed by atoms with Gasteiger partial charge in [-0.25, -0.2) is 17.6 Å². The zero-order valence-electron chi connectivity index (χ0n) is 7.13. The van der Waals surface area contributed by atoms with Gasteiger partial charge in [0.25, 0.3) is 12.9 Å². The second-order valence-corrected chi connectivity index (χ2v) is 2.61. The van der Waals surface area contributed by atoms with Crippen LogP contribution in [0.15, 0.2) is 6.07 Å². The number of nitrogens with two attached hydrogens (primary N) is 1. The highest BCUT2D eigenvalue weighted by molar-refractivity contribution is 5.12. The molecule has 0 aliphatic rings. The number of alkyl halides is 4. The van der Waals surface area contributed by atoms with Crippen LogP contribution in [0.2, 0.25) is 0 Å². The van der Waals surface area contributed by atoms with Crippen LogP contribution in [-0.4, -0.2) is 16.3 Å². The molecule has 80 valence electrons. The number of halogens is 4. The van der Waals surface area contributed by atoms with E-state index < -0.39 is 24.2 Å². The molecule has 0 aliphatic heterocycles. The standard InChI is InChI=1S/C7H9F4N3/c8-6(9)4-3-5(7(10)11)14(13-4)2-1-12/h3,6-7H,1-2,12H2. The van der Waals surface area contributed by atoms with E-state index in [2.05, 4.69) is 5.10 Å². The Kier molecular flexibility index (Phi) is 3.45. The Hall–Kier alpha value is -1.11. The molecular weight excluding hydrogens is 202 g/mol. The summed E-state index contributed by atoms with van der Waals surface area (Å²) in [5.74, 6) is 0. The van der Waals surface area contributed by atoms with Crippen LogP contribution < -0.4 is 5.73 Å². The molecule has 7 heteroatoms. The zero-order chi connectivity index (χ0) is 10.7. The maximum Gasteiger partial charge on any atom is 0.282 e. The number of hydrogen-bond donors (Lipinski definition) is 1. The minimum Gasteiger partial charge on any atom is -0.329 e. The molecule has 0 aromatic carbocycles. The largest absolute Gasteiger partial charge is 0.329 e. The molecule has 0 aliphatic carbocycles. The van der Waals surface area contributed by atoms with E-state index in [1.165, 1.54) is 0 Å². The number of nitrogens with zero attached hydrogens (tertiary/aromatic N) is 2. The Labute approximate surface area is 77.5 Å². The third kappa shape index (κ3) is 2.22. The van der Waals surface area contributed by atoms with Crippen molar-refractivity contribution in [3.63, 3.8) is 0 Å². The van der Waals surface area contributed by atoms with Crippen LogP contribution in [0.5, 0.6) is 0 Å². The summed E-state index contributed by atoms with van der Waals surface area (Å²) >= 11 is 0. The Morgan fingerprint density at radius 3 is 2.36 bits per heavy atom. The van der Waals surface area contributed by atoms with Gasteiger partial charge in [0, 0.05) is 6.54 Å². The van der Waals surface area contributed by atoms with Crippen molar-refractivity contribution in [1.29, 1.82) is 0 Å². The minimum absolute atomic E-state index is 0.00634. The van der Waals surface area contributed by atoms with Gasteiger partial charge in [0.2, 0.25) is 0 Å². The smallest absolute Gasteiger partial charge is 0.282 e. The predicted octanol–water partition coefficient (Wildman–Crippen LogP) is 1.72. The number of hydrogen-bond acceptors (Lipinski definition) is 2. The number of rotatable bonds is 4. The lowest BCUT2D eigenvalue weighted by molar-refractivity contribution is 0.139. The van der Waals surface area contributed by atoms with Crippen molar-refractivity contribution in [3.05, 3.63) is 17.5 Å². The molecule has 0 spiro atoms. The fourth-order valence-corrected chi connectivity index (χ4v) is 1.04. The summed E-state index contributed by atoms with van der Waals surface area (Å²) in [5.41, 5.74) is 3.95. The van der Waals surface area contributed by atoms with Crippen molar-refractivity contribution in [2.75, 3.05) is 6.54 Å². The van der Waals surface area contributed by atoms with Crippen molar-refractivity contribution in [2.45, 2.75) is 19.4 Å². The maximum atomic E-state index is 12.3. The highest BCUT2D eigenvalue weighted by Crippen LogP contribution is 2.24. The average molecular weight is 211 g/mol. The second-order valence-electron chi connectivity index (χ2n) is 2.61. The minimum atomic E-state index is -2.84. The van der Waals surface area contributed by atoms with E-state index in [-0.39, 0.29) is 13.1 Å². The first kappa shape index (κ1) is 11.0. The fourth-order valence-electron chi connectivity index (χ4n) is 1.04. The van der Waals surface area contributed by atoms with Crippen molar-refractivity contribution in [1.82, 2.24) is 9.78 Å². The van der Waals surface area contributed by atoms with Gasteiger partial charge in [-0.2, -0.15) is 5.10 Å². The van der Waals surface area contributed by atoms with E-state index in [1.54, 1.807) is 0 Å². The van der Waals surface area contributed by atoms with Crippen LogP contribution >= 0.6 is 0 Å². The summed E-state index contributed by atoms with van der Waals surface area (Å²) in [6.07, 6.45) is -5.66. The third-order valence-electron chi connectivity index (χ3n) is 1.62. The lowest BCUT2D eigenvalue weighted by atomic mass is 10.3. The quantitative estimate of drug-likeness (QED) is 0.770. The van der Waals surface area contributed by atoms with E-state index in [0.29, 0.717) is 6.07 Å². The summed E-state index contributed by atoms with van der Waals surface area (Å²) < 4.78 is 49.6. The van der Waals surface area contributed by atoms with Crippen LogP contribution in [0.3, 0.4) is 0 Å².